The molecule has 0 amide bonds. The van der Waals surface area contributed by atoms with E-state index in [4.69, 9.17) is 11.6 Å². The van der Waals surface area contributed by atoms with Gasteiger partial charge in [-0.15, -0.1) is 0 Å². The molecule has 94 valence electrons. The fourth-order valence-corrected chi connectivity index (χ4v) is 3.03. The highest BCUT2D eigenvalue weighted by Crippen LogP contribution is 2.31. The Morgan fingerprint density at radius 2 is 1.78 bits per heavy atom. The lowest BCUT2D eigenvalue weighted by Gasteiger charge is -2.11. The second kappa shape index (κ2) is 6.04. The zero-order valence-electron chi connectivity index (χ0n) is 9.18. The van der Waals surface area contributed by atoms with Crippen LogP contribution in [0.1, 0.15) is 5.56 Å². The molecule has 0 saturated heterocycles. The topological polar surface area (TPSA) is 12.0 Å². The number of hydrogen-bond donors (Lipinski definition) is 1. The summed E-state index contributed by atoms with van der Waals surface area (Å²) < 4.78 is 14.8. The summed E-state index contributed by atoms with van der Waals surface area (Å²) in [5.74, 6) is -0.328. The average Bonchev–Trinajstić information content (AvgIpc) is 2.31. The summed E-state index contributed by atoms with van der Waals surface area (Å²) in [4.78, 5) is 0. The Bertz CT molecular complexity index is 555. The van der Waals surface area contributed by atoms with Gasteiger partial charge in [0.15, 0.2) is 0 Å². The molecule has 0 aliphatic heterocycles. The van der Waals surface area contributed by atoms with Crippen LogP contribution in [0.25, 0.3) is 0 Å². The van der Waals surface area contributed by atoms with Gasteiger partial charge in [-0.2, -0.15) is 0 Å². The molecule has 1 N–H and O–H groups in total. The van der Waals surface area contributed by atoms with E-state index >= 15 is 0 Å². The van der Waals surface area contributed by atoms with Crippen molar-refractivity contribution < 1.29 is 4.39 Å². The predicted molar refractivity (Wildman–Crippen MR) is 80.6 cm³/mol. The molecule has 5 heteroatoms. The van der Waals surface area contributed by atoms with Crippen LogP contribution in [0.3, 0.4) is 0 Å². The number of hydrogen-bond acceptors (Lipinski definition) is 1. The molecule has 0 aromatic heterocycles. The van der Waals surface area contributed by atoms with Crippen molar-refractivity contribution >= 4 is 49.1 Å². The molecule has 0 unspecified atom stereocenters. The lowest BCUT2D eigenvalue weighted by atomic mass is 10.2. The summed E-state index contributed by atoms with van der Waals surface area (Å²) in [5, 5.41) is 3.68. The smallest absolute Gasteiger partial charge is 0.124 e. The number of anilines is 1. The van der Waals surface area contributed by atoms with Crippen LogP contribution in [0.15, 0.2) is 45.3 Å². The van der Waals surface area contributed by atoms with E-state index in [9.17, 15) is 4.39 Å². The molecule has 0 bridgehead atoms. The van der Waals surface area contributed by atoms with Gasteiger partial charge >= 0.3 is 0 Å². The van der Waals surface area contributed by atoms with Crippen LogP contribution in [-0.2, 0) is 6.54 Å². The van der Waals surface area contributed by atoms with Crippen molar-refractivity contribution in [2.75, 3.05) is 5.32 Å². The molecule has 0 atom stereocenters. The third-order valence-electron chi connectivity index (χ3n) is 2.43. The van der Waals surface area contributed by atoms with Crippen molar-refractivity contribution in [3.63, 3.8) is 0 Å². The molecule has 0 heterocycles. The van der Waals surface area contributed by atoms with Gasteiger partial charge in [0.25, 0.3) is 0 Å². The molecule has 2 rings (SSSR count). The van der Waals surface area contributed by atoms with Crippen molar-refractivity contribution in [1.82, 2.24) is 0 Å². The van der Waals surface area contributed by atoms with Gasteiger partial charge in [-0.1, -0.05) is 23.7 Å². The van der Waals surface area contributed by atoms with Crippen LogP contribution in [0, 0.1) is 5.82 Å². The summed E-state index contributed by atoms with van der Waals surface area (Å²) in [6.07, 6.45) is 0. The van der Waals surface area contributed by atoms with Gasteiger partial charge in [0.2, 0.25) is 0 Å². The molecule has 18 heavy (non-hydrogen) atoms. The standard InChI is InChI=1S/C13H9Br2ClFN/c14-10-2-1-3-11(15)13(10)18-7-8-4-5-9(17)6-12(8)16/h1-6,18H,7H2. The van der Waals surface area contributed by atoms with Crippen molar-refractivity contribution in [1.29, 1.82) is 0 Å². The molecule has 0 aliphatic rings. The summed E-state index contributed by atoms with van der Waals surface area (Å²) in [6.45, 7) is 0.528. The lowest BCUT2D eigenvalue weighted by molar-refractivity contribution is 0.627. The molecule has 0 fully saturated rings. The summed E-state index contributed by atoms with van der Waals surface area (Å²) in [7, 11) is 0. The van der Waals surface area contributed by atoms with Crippen molar-refractivity contribution in [2.24, 2.45) is 0 Å². The largest absolute Gasteiger partial charge is 0.379 e. The van der Waals surface area contributed by atoms with Crippen molar-refractivity contribution in [2.45, 2.75) is 6.54 Å². The first-order valence-electron chi connectivity index (χ1n) is 5.20. The Labute approximate surface area is 127 Å². The third kappa shape index (κ3) is 3.25. The van der Waals surface area contributed by atoms with Gasteiger partial charge in [0.05, 0.1) is 5.69 Å². The maximum atomic E-state index is 12.9. The minimum atomic E-state index is -0.328. The number of halogens is 4. The summed E-state index contributed by atoms with van der Waals surface area (Å²) >= 11 is 12.9. The van der Waals surface area contributed by atoms with Crippen LogP contribution in [0.5, 0.6) is 0 Å². The second-order valence-electron chi connectivity index (χ2n) is 3.69. The van der Waals surface area contributed by atoms with Crippen LogP contribution < -0.4 is 5.32 Å². The van der Waals surface area contributed by atoms with E-state index in [1.807, 2.05) is 18.2 Å². The highest BCUT2D eigenvalue weighted by molar-refractivity contribution is 9.11. The van der Waals surface area contributed by atoms with Gasteiger partial charge < -0.3 is 5.32 Å². The number of nitrogens with one attached hydrogen (secondary N) is 1. The van der Waals surface area contributed by atoms with Crippen LogP contribution in [0.2, 0.25) is 5.02 Å². The monoisotopic (exact) mass is 391 g/mol. The quantitative estimate of drug-likeness (QED) is 0.714. The number of rotatable bonds is 3. The first kappa shape index (κ1) is 13.8. The Morgan fingerprint density at radius 3 is 2.39 bits per heavy atom. The molecule has 2 aromatic rings. The van der Waals surface area contributed by atoms with Crippen molar-refractivity contribution in [3.8, 4) is 0 Å². The van der Waals surface area contributed by atoms with Gasteiger partial charge in [-0.3, -0.25) is 0 Å². The molecule has 2 aromatic carbocycles. The van der Waals surface area contributed by atoms with Gasteiger partial charge in [-0.05, 0) is 61.7 Å². The van der Waals surface area contributed by atoms with E-state index in [0.29, 0.717) is 11.6 Å². The molecule has 1 nitrogen and oxygen atoms in total. The lowest BCUT2D eigenvalue weighted by Crippen LogP contribution is -2.01. The Morgan fingerprint density at radius 1 is 1.11 bits per heavy atom. The van der Waals surface area contributed by atoms with E-state index in [1.54, 1.807) is 6.07 Å². The van der Waals surface area contributed by atoms with Gasteiger partial charge in [0.1, 0.15) is 5.82 Å². The van der Waals surface area contributed by atoms with Crippen LogP contribution >= 0.6 is 43.5 Å². The highest BCUT2D eigenvalue weighted by Gasteiger charge is 2.06. The fraction of sp³-hybridized carbons (Fsp3) is 0.0769. The second-order valence-corrected chi connectivity index (χ2v) is 5.80. The summed E-state index contributed by atoms with van der Waals surface area (Å²) in [6, 6.07) is 10.2. The first-order valence-corrected chi connectivity index (χ1v) is 7.16. The molecule has 0 spiro atoms. The normalized spacial score (nSPS) is 10.4. The van der Waals surface area contributed by atoms with E-state index in [0.717, 1.165) is 20.2 Å². The molecule has 0 radical (unpaired) electrons. The third-order valence-corrected chi connectivity index (χ3v) is 4.11. The molecule has 0 aliphatic carbocycles. The van der Waals surface area contributed by atoms with Gasteiger partial charge in [0, 0.05) is 20.5 Å². The van der Waals surface area contributed by atoms with E-state index in [1.165, 1.54) is 12.1 Å². The van der Waals surface area contributed by atoms with Crippen molar-refractivity contribution in [3.05, 3.63) is 61.7 Å². The maximum absolute atomic E-state index is 12.9. The maximum Gasteiger partial charge on any atom is 0.124 e. The first-order chi connectivity index (χ1) is 8.58. The predicted octanol–water partition coefficient (Wildman–Crippen LogP) is 5.62. The van der Waals surface area contributed by atoms with Crippen LogP contribution in [-0.4, -0.2) is 0 Å². The Hall–Kier alpha value is -0.580. The van der Waals surface area contributed by atoms with E-state index in [-0.39, 0.29) is 5.82 Å². The number of benzene rings is 2. The minimum Gasteiger partial charge on any atom is -0.379 e. The highest BCUT2D eigenvalue weighted by atomic mass is 79.9. The SMILES string of the molecule is Fc1ccc(CNc2c(Br)cccc2Br)c(Cl)c1. The zero-order valence-corrected chi connectivity index (χ0v) is 13.1. The average molecular weight is 393 g/mol. The van der Waals surface area contributed by atoms with E-state index < -0.39 is 0 Å². The Balaban J connectivity index is 2.16. The zero-order chi connectivity index (χ0) is 13.1. The summed E-state index contributed by atoms with van der Waals surface area (Å²) in [5.41, 5.74) is 1.79. The molecular formula is C13H9Br2ClFN. The molecular weight excluding hydrogens is 384 g/mol. The molecule has 0 saturated carbocycles. The number of para-hydroxylation sites is 1. The minimum absolute atomic E-state index is 0.328. The van der Waals surface area contributed by atoms with Crippen LogP contribution in [0.4, 0.5) is 10.1 Å². The van der Waals surface area contributed by atoms with E-state index in [2.05, 4.69) is 37.2 Å². The Kier molecular flexibility index (Phi) is 4.65. The van der Waals surface area contributed by atoms with Gasteiger partial charge in [-0.25, -0.2) is 4.39 Å². The fourth-order valence-electron chi connectivity index (χ4n) is 1.52.